The fraction of sp³-hybridized carbons (Fsp3) is 0.333. The molecule has 0 radical (unpaired) electrons. The number of nitrogens with two attached hydrogens (primary N) is 2. The first-order valence-corrected chi connectivity index (χ1v) is 5.50. The zero-order valence-electron chi connectivity index (χ0n) is 10.4. The molecule has 1 aromatic carbocycles. The summed E-state index contributed by atoms with van der Waals surface area (Å²) in [7, 11) is 0. The zero-order chi connectivity index (χ0) is 13.9. The van der Waals surface area contributed by atoms with Gasteiger partial charge in [-0.15, -0.1) is 0 Å². The third kappa shape index (κ3) is 3.13. The number of carboxylic acid groups (broad SMARTS) is 1. The van der Waals surface area contributed by atoms with Crippen molar-refractivity contribution in [2.24, 2.45) is 5.73 Å². The minimum absolute atomic E-state index is 0.0236. The average molecular weight is 251 g/mol. The Bertz CT molecular complexity index is 472. The molecule has 0 atom stereocenters. The first-order chi connectivity index (χ1) is 8.32. The Morgan fingerprint density at radius 2 is 2.00 bits per heavy atom. The molecule has 0 heterocycles. The van der Waals surface area contributed by atoms with Gasteiger partial charge in [0.05, 0.1) is 23.5 Å². The fourth-order valence-corrected chi connectivity index (χ4v) is 1.66. The van der Waals surface area contributed by atoms with Crippen LogP contribution in [0.2, 0.25) is 0 Å². The van der Waals surface area contributed by atoms with Gasteiger partial charge in [0, 0.05) is 6.04 Å². The molecule has 5 N–H and O–H groups in total. The molecule has 1 amide bonds. The maximum absolute atomic E-state index is 11.0. The van der Waals surface area contributed by atoms with Gasteiger partial charge in [0.2, 0.25) is 5.91 Å². The summed E-state index contributed by atoms with van der Waals surface area (Å²) in [5, 5.41) is 8.85. The monoisotopic (exact) mass is 251 g/mol. The van der Waals surface area contributed by atoms with E-state index in [-0.39, 0.29) is 18.2 Å². The number of nitrogen functional groups attached to an aromatic ring is 1. The number of aromatic carboxylic acids is 1. The van der Waals surface area contributed by atoms with Crippen LogP contribution in [-0.2, 0) is 4.79 Å². The van der Waals surface area contributed by atoms with E-state index in [0.717, 1.165) is 0 Å². The average Bonchev–Trinajstić information content (AvgIpc) is 2.25. The number of nitrogens with zero attached hydrogens (tertiary/aromatic N) is 1. The Morgan fingerprint density at radius 1 is 1.39 bits per heavy atom. The second-order valence-corrected chi connectivity index (χ2v) is 4.27. The lowest BCUT2D eigenvalue weighted by molar-refractivity contribution is -0.116. The van der Waals surface area contributed by atoms with Crippen LogP contribution in [0, 0.1) is 0 Å². The van der Waals surface area contributed by atoms with Crippen molar-refractivity contribution in [1.82, 2.24) is 0 Å². The van der Waals surface area contributed by atoms with E-state index >= 15 is 0 Å². The number of carboxylic acids is 1. The van der Waals surface area contributed by atoms with Crippen LogP contribution in [0.3, 0.4) is 0 Å². The van der Waals surface area contributed by atoms with Crippen LogP contribution in [0.5, 0.6) is 0 Å². The molecule has 0 saturated heterocycles. The maximum Gasteiger partial charge on any atom is 0.335 e. The minimum Gasteiger partial charge on any atom is -0.478 e. The fourth-order valence-electron chi connectivity index (χ4n) is 1.66. The number of amides is 1. The molecule has 0 aliphatic rings. The van der Waals surface area contributed by atoms with Crippen LogP contribution in [0.25, 0.3) is 0 Å². The maximum atomic E-state index is 11.0. The molecule has 18 heavy (non-hydrogen) atoms. The van der Waals surface area contributed by atoms with Crippen molar-refractivity contribution < 1.29 is 14.7 Å². The molecule has 1 rings (SSSR count). The van der Waals surface area contributed by atoms with Gasteiger partial charge in [0.15, 0.2) is 0 Å². The van der Waals surface area contributed by atoms with Gasteiger partial charge in [-0.3, -0.25) is 4.79 Å². The van der Waals surface area contributed by atoms with Crippen molar-refractivity contribution in [1.29, 1.82) is 0 Å². The number of benzene rings is 1. The van der Waals surface area contributed by atoms with Gasteiger partial charge in [-0.25, -0.2) is 4.79 Å². The first-order valence-electron chi connectivity index (χ1n) is 5.50. The Labute approximate surface area is 105 Å². The summed E-state index contributed by atoms with van der Waals surface area (Å²) in [5.74, 6) is -1.51. The van der Waals surface area contributed by atoms with Crippen molar-refractivity contribution in [2.45, 2.75) is 19.9 Å². The van der Waals surface area contributed by atoms with Crippen molar-refractivity contribution in [3.8, 4) is 0 Å². The van der Waals surface area contributed by atoms with Crippen molar-refractivity contribution in [3.05, 3.63) is 23.8 Å². The summed E-state index contributed by atoms with van der Waals surface area (Å²) in [4.78, 5) is 23.5. The summed E-state index contributed by atoms with van der Waals surface area (Å²) >= 11 is 0. The molecule has 98 valence electrons. The van der Waals surface area contributed by atoms with Crippen molar-refractivity contribution in [3.63, 3.8) is 0 Å². The second-order valence-electron chi connectivity index (χ2n) is 4.27. The summed E-state index contributed by atoms with van der Waals surface area (Å²) in [6.07, 6.45) is 0. The molecule has 6 heteroatoms. The lowest BCUT2D eigenvalue weighted by Gasteiger charge is -2.28. The molecule has 1 aromatic rings. The predicted molar refractivity (Wildman–Crippen MR) is 69.5 cm³/mol. The topological polar surface area (TPSA) is 110 Å². The Morgan fingerprint density at radius 3 is 2.39 bits per heavy atom. The van der Waals surface area contributed by atoms with E-state index < -0.39 is 11.9 Å². The summed E-state index contributed by atoms with van der Waals surface area (Å²) in [5.41, 5.74) is 12.0. The van der Waals surface area contributed by atoms with E-state index in [2.05, 4.69) is 0 Å². The normalized spacial score (nSPS) is 10.4. The Balaban J connectivity index is 3.13. The van der Waals surface area contributed by atoms with E-state index in [4.69, 9.17) is 16.6 Å². The number of carbonyl (C=O) groups is 2. The zero-order valence-corrected chi connectivity index (χ0v) is 10.4. The van der Waals surface area contributed by atoms with E-state index in [1.165, 1.54) is 12.1 Å². The van der Waals surface area contributed by atoms with Gasteiger partial charge < -0.3 is 21.5 Å². The Kier molecular flexibility index (Phi) is 4.14. The van der Waals surface area contributed by atoms with Gasteiger partial charge in [-0.05, 0) is 32.0 Å². The molecule has 0 aliphatic carbocycles. The summed E-state index contributed by atoms with van der Waals surface area (Å²) in [6.45, 7) is 3.83. The van der Waals surface area contributed by atoms with E-state index in [0.29, 0.717) is 11.4 Å². The highest BCUT2D eigenvalue weighted by molar-refractivity contribution is 5.91. The van der Waals surface area contributed by atoms with Crippen LogP contribution < -0.4 is 16.4 Å². The largest absolute Gasteiger partial charge is 0.478 e. The highest BCUT2D eigenvalue weighted by Gasteiger charge is 2.16. The predicted octanol–water partition coefficient (Wildman–Crippen LogP) is 0.667. The molecule has 0 saturated carbocycles. The van der Waals surface area contributed by atoms with Gasteiger partial charge in [0.1, 0.15) is 0 Å². The van der Waals surface area contributed by atoms with Gasteiger partial charge in [-0.1, -0.05) is 0 Å². The van der Waals surface area contributed by atoms with Crippen molar-refractivity contribution in [2.75, 3.05) is 17.2 Å². The SMILES string of the molecule is CC(C)N(CC(N)=O)c1ccc(C(=O)O)cc1N. The second kappa shape index (κ2) is 5.39. The molecule has 0 spiro atoms. The van der Waals surface area contributed by atoms with Crippen LogP contribution in [-0.4, -0.2) is 29.6 Å². The molecule has 0 fully saturated rings. The highest BCUT2D eigenvalue weighted by atomic mass is 16.4. The number of primary amides is 1. The third-order valence-corrected chi connectivity index (χ3v) is 2.53. The highest BCUT2D eigenvalue weighted by Crippen LogP contribution is 2.26. The van der Waals surface area contributed by atoms with Gasteiger partial charge >= 0.3 is 5.97 Å². The standard InChI is InChI=1S/C12H17N3O3/c1-7(2)15(6-11(14)16)10-4-3-8(12(17)18)5-9(10)13/h3-5,7H,6,13H2,1-2H3,(H2,14,16)(H,17,18). The molecular weight excluding hydrogens is 234 g/mol. The molecule has 0 bridgehead atoms. The quantitative estimate of drug-likeness (QED) is 0.666. The number of hydrogen-bond acceptors (Lipinski definition) is 4. The van der Waals surface area contributed by atoms with Gasteiger partial charge in [0.25, 0.3) is 0 Å². The lowest BCUT2D eigenvalue weighted by Crippen LogP contribution is -2.39. The lowest BCUT2D eigenvalue weighted by atomic mass is 10.1. The van der Waals surface area contributed by atoms with E-state index in [1.54, 1.807) is 11.0 Å². The summed E-state index contributed by atoms with van der Waals surface area (Å²) in [6, 6.07) is 4.43. The van der Waals surface area contributed by atoms with Crippen LogP contribution >= 0.6 is 0 Å². The Hall–Kier alpha value is -2.24. The third-order valence-electron chi connectivity index (χ3n) is 2.53. The first kappa shape index (κ1) is 13.8. The van der Waals surface area contributed by atoms with Gasteiger partial charge in [-0.2, -0.15) is 0 Å². The van der Waals surface area contributed by atoms with Crippen LogP contribution in [0.15, 0.2) is 18.2 Å². The molecule has 0 unspecified atom stereocenters. The number of carbonyl (C=O) groups excluding carboxylic acids is 1. The van der Waals surface area contributed by atoms with Crippen molar-refractivity contribution >= 4 is 23.3 Å². The molecule has 6 nitrogen and oxygen atoms in total. The minimum atomic E-state index is -1.04. The smallest absolute Gasteiger partial charge is 0.335 e. The molecule has 0 aliphatic heterocycles. The van der Waals surface area contributed by atoms with E-state index in [1.807, 2.05) is 13.8 Å². The number of hydrogen-bond donors (Lipinski definition) is 3. The molecular formula is C12H17N3O3. The molecule has 0 aromatic heterocycles. The van der Waals surface area contributed by atoms with E-state index in [9.17, 15) is 9.59 Å². The number of rotatable bonds is 5. The summed E-state index contributed by atoms with van der Waals surface area (Å²) < 4.78 is 0. The van der Waals surface area contributed by atoms with Crippen LogP contribution in [0.1, 0.15) is 24.2 Å². The number of anilines is 2. The van der Waals surface area contributed by atoms with Crippen LogP contribution in [0.4, 0.5) is 11.4 Å².